The van der Waals surface area contributed by atoms with Crippen LogP contribution in [-0.4, -0.2) is 44.3 Å². The number of rotatable bonds is 6. The number of carbonyl (C=O) groups is 2. The number of hydrogen-bond acceptors (Lipinski definition) is 5. The van der Waals surface area contributed by atoms with Crippen molar-refractivity contribution >= 4 is 28.4 Å². The van der Waals surface area contributed by atoms with Gasteiger partial charge in [0.15, 0.2) is 0 Å². The third kappa shape index (κ3) is 4.89. The van der Waals surface area contributed by atoms with Crippen molar-refractivity contribution in [3.8, 4) is 0 Å². The molecule has 0 spiro atoms. The van der Waals surface area contributed by atoms with Gasteiger partial charge in [-0.2, -0.15) is 18.3 Å². The van der Waals surface area contributed by atoms with Crippen molar-refractivity contribution in [2.75, 3.05) is 11.9 Å². The lowest BCUT2D eigenvalue weighted by atomic mass is 9.81. The maximum atomic E-state index is 13.0. The molecule has 180 valence electrons. The first kappa shape index (κ1) is 23.7. The van der Waals surface area contributed by atoms with Crippen molar-refractivity contribution in [3.05, 3.63) is 53.5 Å². The van der Waals surface area contributed by atoms with E-state index in [9.17, 15) is 27.9 Å². The van der Waals surface area contributed by atoms with E-state index >= 15 is 0 Å². The summed E-state index contributed by atoms with van der Waals surface area (Å²) in [6.07, 6.45) is -1.65. The number of fused-ring (bicyclic) bond motifs is 1. The zero-order chi connectivity index (χ0) is 24.6. The number of pyridine rings is 1. The van der Waals surface area contributed by atoms with E-state index in [-0.39, 0.29) is 35.9 Å². The molecule has 1 aliphatic rings. The fourth-order valence-corrected chi connectivity index (χ4v) is 3.82. The molecule has 0 bridgehead atoms. The second kappa shape index (κ2) is 9.05. The highest BCUT2D eigenvalue weighted by Gasteiger charge is 2.33. The van der Waals surface area contributed by atoms with Gasteiger partial charge in [-0.3, -0.25) is 14.3 Å². The zero-order valence-electron chi connectivity index (χ0n) is 18.6. The van der Waals surface area contributed by atoms with E-state index in [2.05, 4.69) is 20.7 Å². The van der Waals surface area contributed by atoms with E-state index in [1.165, 1.54) is 6.07 Å². The molecular formula is C23H24F3N5O3. The first-order valence-corrected chi connectivity index (χ1v) is 10.9. The van der Waals surface area contributed by atoms with E-state index in [4.69, 9.17) is 0 Å². The topological polar surface area (TPSA) is 109 Å². The second-order valence-corrected chi connectivity index (χ2v) is 8.71. The largest absolute Gasteiger partial charge is 0.433 e. The molecule has 11 heteroatoms. The smallest absolute Gasteiger partial charge is 0.396 e. The molecule has 0 unspecified atom stereocenters. The number of anilines is 1. The molecule has 1 aliphatic carbocycles. The number of carbonyl (C=O) groups excluding carboxylic acids is 2. The van der Waals surface area contributed by atoms with E-state index in [1.54, 1.807) is 23.0 Å². The Morgan fingerprint density at radius 3 is 2.59 bits per heavy atom. The molecule has 1 aromatic carbocycles. The number of hydrogen-bond donors (Lipinski definition) is 3. The van der Waals surface area contributed by atoms with Crippen molar-refractivity contribution in [3.63, 3.8) is 0 Å². The summed E-state index contributed by atoms with van der Waals surface area (Å²) >= 11 is 0. The van der Waals surface area contributed by atoms with Crippen LogP contribution in [0.15, 0.2) is 36.5 Å². The Balaban J connectivity index is 1.66. The van der Waals surface area contributed by atoms with Gasteiger partial charge in [-0.05, 0) is 56.9 Å². The van der Waals surface area contributed by atoms with Crippen molar-refractivity contribution in [1.82, 2.24) is 20.1 Å². The van der Waals surface area contributed by atoms with Gasteiger partial charge in [-0.25, -0.2) is 4.98 Å². The van der Waals surface area contributed by atoms with E-state index in [0.29, 0.717) is 23.7 Å². The summed E-state index contributed by atoms with van der Waals surface area (Å²) in [7, 11) is 0. The third-order valence-corrected chi connectivity index (χ3v) is 5.78. The fourth-order valence-electron chi connectivity index (χ4n) is 3.82. The van der Waals surface area contributed by atoms with Crippen LogP contribution >= 0.6 is 0 Å². The van der Waals surface area contributed by atoms with Gasteiger partial charge in [0.05, 0.1) is 16.8 Å². The number of alkyl halides is 3. The number of benzene rings is 1. The highest BCUT2D eigenvalue weighted by molar-refractivity contribution is 6.10. The molecule has 1 fully saturated rings. The van der Waals surface area contributed by atoms with Gasteiger partial charge >= 0.3 is 6.18 Å². The summed E-state index contributed by atoms with van der Waals surface area (Å²) in [5.41, 5.74) is -0.806. The van der Waals surface area contributed by atoms with Crippen LogP contribution < -0.4 is 10.6 Å². The normalized spacial score (nSPS) is 18.1. The second-order valence-electron chi connectivity index (χ2n) is 8.71. The molecule has 0 aliphatic heterocycles. The Hall–Kier alpha value is -3.47. The molecule has 2 heterocycles. The lowest BCUT2D eigenvalue weighted by Crippen LogP contribution is -2.45. The first-order valence-electron chi connectivity index (χ1n) is 10.9. The highest BCUT2D eigenvalue weighted by atomic mass is 19.4. The Morgan fingerprint density at radius 1 is 1.21 bits per heavy atom. The average molecular weight is 475 g/mol. The molecular weight excluding hydrogens is 451 g/mol. The van der Waals surface area contributed by atoms with E-state index in [1.807, 2.05) is 13.8 Å². The standard InChI is InChI=1S/C23H24F3N5O3/c1-12(2)31-10-14-8-19(29-22(34)17-4-3-5-20(28-17)23(24,25)26)16(9-18(14)30-31)21(33)27-15-6-13(7-15)11-32/h3-5,8-10,12-13,15,32H,6-7,11H2,1-2H3,(H,27,33)(H,29,34). The van der Waals surface area contributed by atoms with Crippen LogP contribution in [0.3, 0.4) is 0 Å². The van der Waals surface area contributed by atoms with Crippen molar-refractivity contribution in [2.24, 2.45) is 5.92 Å². The molecule has 2 amide bonds. The number of aromatic nitrogens is 3. The van der Waals surface area contributed by atoms with E-state index in [0.717, 1.165) is 12.1 Å². The average Bonchev–Trinajstić information content (AvgIpc) is 3.18. The SMILES string of the molecule is CC(C)n1cc2cc(NC(=O)c3cccc(C(F)(F)F)n3)c(C(=O)NC3CC(CO)C3)cc2n1. The van der Waals surface area contributed by atoms with Gasteiger partial charge in [0.2, 0.25) is 0 Å². The lowest BCUT2D eigenvalue weighted by Gasteiger charge is -2.34. The van der Waals surface area contributed by atoms with Crippen LogP contribution in [0.2, 0.25) is 0 Å². The van der Waals surface area contributed by atoms with Crippen LogP contribution in [0, 0.1) is 5.92 Å². The van der Waals surface area contributed by atoms with Crippen molar-refractivity contribution in [1.29, 1.82) is 0 Å². The maximum absolute atomic E-state index is 13.0. The minimum atomic E-state index is -4.69. The van der Waals surface area contributed by atoms with Crippen molar-refractivity contribution < 1.29 is 27.9 Å². The summed E-state index contributed by atoms with van der Waals surface area (Å²) in [5, 5.41) is 19.7. The summed E-state index contributed by atoms with van der Waals surface area (Å²) in [6.45, 7) is 3.93. The van der Waals surface area contributed by atoms with Crippen molar-refractivity contribution in [2.45, 2.75) is 44.9 Å². The number of nitrogens with zero attached hydrogens (tertiary/aromatic N) is 3. The molecule has 34 heavy (non-hydrogen) atoms. The van der Waals surface area contributed by atoms with Crippen LogP contribution in [0.25, 0.3) is 10.9 Å². The summed E-state index contributed by atoms with van der Waals surface area (Å²) in [4.78, 5) is 29.2. The van der Waals surface area contributed by atoms with Crippen LogP contribution in [0.5, 0.6) is 0 Å². The molecule has 0 saturated heterocycles. The van der Waals surface area contributed by atoms with Gasteiger partial charge in [-0.1, -0.05) is 6.07 Å². The number of aliphatic hydroxyl groups is 1. The van der Waals surface area contributed by atoms with Gasteiger partial charge in [0, 0.05) is 30.3 Å². The highest BCUT2D eigenvalue weighted by Crippen LogP contribution is 2.30. The predicted molar refractivity (Wildman–Crippen MR) is 118 cm³/mol. The summed E-state index contributed by atoms with van der Waals surface area (Å²) in [5.74, 6) is -1.19. The van der Waals surface area contributed by atoms with E-state index < -0.39 is 29.4 Å². The fraction of sp³-hybridized carbons (Fsp3) is 0.391. The van der Waals surface area contributed by atoms with Crippen LogP contribution in [0.1, 0.15) is 59.3 Å². The molecule has 2 aromatic heterocycles. The Bertz CT molecular complexity index is 1230. The number of aliphatic hydroxyl groups excluding tert-OH is 1. The summed E-state index contributed by atoms with van der Waals surface area (Å²) < 4.78 is 40.7. The molecule has 0 atom stereocenters. The van der Waals surface area contributed by atoms with Gasteiger partial charge in [0.1, 0.15) is 11.4 Å². The number of nitrogens with one attached hydrogen (secondary N) is 2. The monoisotopic (exact) mass is 475 g/mol. The van der Waals surface area contributed by atoms with Gasteiger partial charge in [0.25, 0.3) is 11.8 Å². The Morgan fingerprint density at radius 2 is 1.94 bits per heavy atom. The summed E-state index contributed by atoms with van der Waals surface area (Å²) in [6, 6.07) is 6.11. The maximum Gasteiger partial charge on any atom is 0.433 e. The zero-order valence-corrected chi connectivity index (χ0v) is 18.6. The van der Waals surface area contributed by atoms with Crippen LogP contribution in [0.4, 0.5) is 18.9 Å². The quantitative estimate of drug-likeness (QED) is 0.503. The Kier molecular flexibility index (Phi) is 6.30. The van der Waals surface area contributed by atoms with Gasteiger partial charge in [-0.15, -0.1) is 0 Å². The number of amides is 2. The number of halogens is 3. The third-order valence-electron chi connectivity index (χ3n) is 5.78. The molecule has 0 radical (unpaired) electrons. The first-order chi connectivity index (χ1) is 16.0. The minimum Gasteiger partial charge on any atom is -0.396 e. The molecule has 8 nitrogen and oxygen atoms in total. The minimum absolute atomic E-state index is 0.0518. The molecule has 3 N–H and O–H groups in total. The van der Waals surface area contributed by atoms with Crippen LogP contribution in [-0.2, 0) is 6.18 Å². The Labute approximate surface area is 193 Å². The molecule has 3 aromatic rings. The molecule has 4 rings (SSSR count). The van der Waals surface area contributed by atoms with Gasteiger partial charge < -0.3 is 15.7 Å². The molecule has 1 saturated carbocycles. The lowest BCUT2D eigenvalue weighted by molar-refractivity contribution is -0.141. The predicted octanol–water partition coefficient (Wildman–Crippen LogP) is 3.78.